The van der Waals surface area contributed by atoms with Crippen LogP contribution in [0.3, 0.4) is 0 Å². The first kappa shape index (κ1) is 29.0. The fourth-order valence-corrected chi connectivity index (χ4v) is 5.25. The van der Waals surface area contributed by atoms with Crippen molar-refractivity contribution in [2.45, 2.75) is 58.8 Å². The second kappa shape index (κ2) is 14.4. The lowest BCUT2D eigenvalue weighted by Gasteiger charge is -2.21. The molecule has 1 amide bonds. The Kier molecular flexibility index (Phi) is 11.9. The molecule has 0 bridgehead atoms. The Morgan fingerprint density at radius 2 is 1.97 bits per heavy atom. The molecule has 0 spiro atoms. The summed E-state index contributed by atoms with van der Waals surface area (Å²) >= 11 is 0. The first-order valence-corrected chi connectivity index (χ1v) is 14.1. The zero-order chi connectivity index (χ0) is 25.8. The third-order valence-corrected chi connectivity index (χ3v) is 7.62. The van der Waals surface area contributed by atoms with Crippen molar-refractivity contribution in [2.24, 2.45) is 5.92 Å². The van der Waals surface area contributed by atoms with Gasteiger partial charge >= 0.3 is 6.09 Å². The quantitative estimate of drug-likeness (QED) is 0.225. The van der Waals surface area contributed by atoms with E-state index in [1.165, 1.54) is 17.9 Å². The van der Waals surface area contributed by atoms with Gasteiger partial charge in [-0.2, -0.15) is 0 Å². The van der Waals surface area contributed by atoms with Gasteiger partial charge in [0.15, 0.2) is 21.4 Å². The number of rotatable bonds is 17. The van der Waals surface area contributed by atoms with Gasteiger partial charge in [0.25, 0.3) is 0 Å². The summed E-state index contributed by atoms with van der Waals surface area (Å²) < 4.78 is 55.6. The summed E-state index contributed by atoms with van der Waals surface area (Å²) in [7, 11) is -3.39. The summed E-state index contributed by atoms with van der Waals surface area (Å²) in [5.74, 6) is -0.220. The molecule has 1 saturated carbocycles. The Morgan fingerprint density at radius 1 is 1.23 bits per heavy atom. The highest BCUT2D eigenvalue weighted by molar-refractivity contribution is 7.91. The largest absolute Gasteiger partial charge is 0.490 e. The van der Waals surface area contributed by atoms with E-state index in [2.05, 4.69) is 0 Å². The molecule has 1 aromatic rings. The molecule has 0 saturated heterocycles. The van der Waals surface area contributed by atoms with Crippen molar-refractivity contribution in [2.75, 3.05) is 44.6 Å². The Balaban J connectivity index is 1.83. The molecule has 1 aliphatic carbocycles. The Morgan fingerprint density at radius 3 is 2.60 bits per heavy atom. The maximum atomic E-state index is 14.1. The van der Waals surface area contributed by atoms with Gasteiger partial charge < -0.3 is 14.2 Å². The molecule has 1 aromatic carbocycles. The number of sulfone groups is 1. The molecule has 0 radical (unpaired) electrons. The van der Waals surface area contributed by atoms with Gasteiger partial charge in [-0.05, 0) is 69.1 Å². The van der Waals surface area contributed by atoms with Crippen molar-refractivity contribution in [1.29, 1.82) is 0 Å². The highest BCUT2D eigenvalue weighted by Gasteiger charge is 2.24. The van der Waals surface area contributed by atoms with Crippen molar-refractivity contribution >= 4 is 21.7 Å². The lowest BCUT2D eigenvalue weighted by molar-refractivity contribution is -0.117. The van der Waals surface area contributed by atoms with Crippen LogP contribution < -0.4 is 4.74 Å². The van der Waals surface area contributed by atoms with Gasteiger partial charge in [0, 0.05) is 19.6 Å². The molecule has 198 valence electrons. The fourth-order valence-electron chi connectivity index (χ4n) is 3.49. The Hall–Kier alpha value is -2.20. The summed E-state index contributed by atoms with van der Waals surface area (Å²) in [6, 6.07) is 4.58. The number of hydrogen-bond donors (Lipinski definition) is 0. The number of nitrogens with zero attached hydrogens (tertiary/aromatic N) is 1. The van der Waals surface area contributed by atoms with Gasteiger partial charge in [0.05, 0.1) is 24.7 Å². The van der Waals surface area contributed by atoms with Gasteiger partial charge in [-0.1, -0.05) is 13.0 Å². The van der Waals surface area contributed by atoms with E-state index in [4.69, 9.17) is 14.2 Å². The molecule has 35 heavy (non-hydrogen) atoms. The highest BCUT2D eigenvalue weighted by Crippen LogP contribution is 2.32. The van der Waals surface area contributed by atoms with Crippen LogP contribution in [0.15, 0.2) is 18.2 Å². The SMILES string of the molecule is CCOC(=O)N(CCC(C)=O)COCCCS(=O)(=O)C[C@H](CC)c1ccc(F)c(OCC2CC2)c1. The second-order valence-corrected chi connectivity index (χ2v) is 11.2. The number of halogens is 1. The average Bonchev–Trinajstić information content (AvgIpc) is 3.63. The van der Waals surface area contributed by atoms with Crippen LogP contribution >= 0.6 is 0 Å². The fraction of sp³-hybridized carbons (Fsp3) is 0.680. The number of Topliss-reactive ketones (excluding diaryl/α,β-unsaturated/α-hetero) is 1. The topological polar surface area (TPSA) is 99.2 Å². The summed E-state index contributed by atoms with van der Waals surface area (Å²) in [5, 5.41) is 0. The maximum absolute atomic E-state index is 14.1. The minimum atomic E-state index is -3.39. The molecule has 0 aromatic heterocycles. The third-order valence-electron chi connectivity index (χ3n) is 5.80. The second-order valence-electron chi connectivity index (χ2n) is 8.97. The normalized spacial score (nSPS) is 14.4. The predicted octanol–water partition coefficient (Wildman–Crippen LogP) is 4.32. The van der Waals surface area contributed by atoms with E-state index in [9.17, 15) is 22.4 Å². The van der Waals surface area contributed by atoms with Crippen LogP contribution in [0, 0.1) is 11.7 Å². The van der Waals surface area contributed by atoms with Crippen LogP contribution in [0.4, 0.5) is 9.18 Å². The number of amides is 1. The first-order chi connectivity index (χ1) is 16.6. The monoisotopic (exact) mass is 515 g/mol. The zero-order valence-electron chi connectivity index (χ0n) is 21.0. The predicted molar refractivity (Wildman–Crippen MR) is 131 cm³/mol. The number of hydrogen-bond acceptors (Lipinski definition) is 7. The van der Waals surface area contributed by atoms with Crippen LogP contribution in [0.5, 0.6) is 5.75 Å². The Bertz CT molecular complexity index is 934. The molecule has 2 rings (SSSR count). The Labute approximate surface area is 208 Å². The lowest BCUT2D eigenvalue weighted by atomic mass is 9.98. The van der Waals surface area contributed by atoms with Gasteiger partial charge in [0.1, 0.15) is 12.5 Å². The number of ketones is 1. The van der Waals surface area contributed by atoms with E-state index in [1.807, 2.05) is 6.92 Å². The maximum Gasteiger partial charge on any atom is 0.411 e. The van der Waals surface area contributed by atoms with E-state index in [0.29, 0.717) is 18.9 Å². The summed E-state index contributed by atoms with van der Waals surface area (Å²) in [6.07, 6.45) is 2.66. The van der Waals surface area contributed by atoms with Gasteiger partial charge in [-0.3, -0.25) is 9.69 Å². The first-order valence-electron chi connectivity index (χ1n) is 12.3. The number of benzene rings is 1. The molecule has 0 aliphatic heterocycles. The van der Waals surface area contributed by atoms with Crippen molar-refractivity contribution < 1.29 is 36.6 Å². The average molecular weight is 516 g/mol. The van der Waals surface area contributed by atoms with E-state index in [0.717, 1.165) is 18.4 Å². The molecular weight excluding hydrogens is 477 g/mol. The van der Waals surface area contributed by atoms with Crippen molar-refractivity contribution in [3.8, 4) is 5.75 Å². The van der Waals surface area contributed by atoms with Crippen molar-refractivity contribution in [1.82, 2.24) is 4.90 Å². The molecule has 0 N–H and O–H groups in total. The van der Waals surface area contributed by atoms with Crippen LogP contribution in [0.1, 0.15) is 64.4 Å². The third kappa shape index (κ3) is 10.9. The number of ether oxygens (including phenoxy) is 3. The molecular formula is C25H38FNO7S. The molecule has 1 aliphatic rings. The van der Waals surface area contributed by atoms with Crippen molar-refractivity contribution in [3.05, 3.63) is 29.6 Å². The smallest absolute Gasteiger partial charge is 0.411 e. The van der Waals surface area contributed by atoms with Crippen LogP contribution in [-0.2, 0) is 24.1 Å². The van der Waals surface area contributed by atoms with Crippen LogP contribution in [0.25, 0.3) is 0 Å². The molecule has 10 heteroatoms. The number of carbonyl (C=O) groups excluding carboxylic acids is 2. The number of carbonyl (C=O) groups is 2. The minimum absolute atomic E-state index is 0.0508. The van der Waals surface area contributed by atoms with E-state index < -0.39 is 21.7 Å². The summed E-state index contributed by atoms with van der Waals surface area (Å²) in [6.45, 7) is 5.95. The molecule has 1 atom stereocenters. The van der Waals surface area contributed by atoms with Crippen LogP contribution in [0.2, 0.25) is 0 Å². The molecule has 0 unspecified atom stereocenters. The summed E-state index contributed by atoms with van der Waals surface area (Å²) in [5.41, 5.74) is 0.745. The van der Waals surface area contributed by atoms with Gasteiger partial charge in [-0.25, -0.2) is 17.6 Å². The van der Waals surface area contributed by atoms with E-state index in [1.54, 1.807) is 19.1 Å². The summed E-state index contributed by atoms with van der Waals surface area (Å²) in [4.78, 5) is 24.5. The van der Waals surface area contributed by atoms with Crippen LogP contribution in [-0.4, -0.2) is 69.8 Å². The van der Waals surface area contributed by atoms with Crippen molar-refractivity contribution in [3.63, 3.8) is 0 Å². The minimum Gasteiger partial charge on any atom is -0.490 e. The van der Waals surface area contributed by atoms with Gasteiger partial charge in [0.2, 0.25) is 0 Å². The molecule has 8 nitrogen and oxygen atoms in total. The molecule has 0 heterocycles. The highest BCUT2D eigenvalue weighted by atomic mass is 32.2. The van der Waals surface area contributed by atoms with E-state index in [-0.39, 0.29) is 68.3 Å². The van der Waals surface area contributed by atoms with E-state index >= 15 is 0 Å². The van der Waals surface area contributed by atoms with Gasteiger partial charge in [-0.15, -0.1) is 0 Å². The zero-order valence-corrected chi connectivity index (χ0v) is 21.8. The molecule has 1 fully saturated rings. The lowest BCUT2D eigenvalue weighted by Crippen LogP contribution is -2.35. The standard InChI is InChI=1S/C25H38FNO7S/c1-4-21(22-9-10-23(26)24(15-22)34-16-20-7-8-20)17-35(30,31)14-6-13-32-18-27(12-11-19(3)28)25(29)33-5-2/h9-10,15,20-21H,4-8,11-14,16-18H2,1-3H3/t21-/m0/s1.